The molecule has 17 heavy (non-hydrogen) atoms. The van der Waals surface area contributed by atoms with Crippen LogP contribution in [0, 0.1) is 0 Å². The Morgan fingerprint density at radius 2 is 2.12 bits per heavy atom. The summed E-state index contributed by atoms with van der Waals surface area (Å²) in [5.41, 5.74) is 0.304. The Morgan fingerprint density at radius 3 is 2.59 bits per heavy atom. The van der Waals surface area contributed by atoms with Crippen LogP contribution in [0.2, 0.25) is 0 Å². The zero-order valence-electron chi connectivity index (χ0n) is 10.4. The molecule has 100 valence electrons. The van der Waals surface area contributed by atoms with E-state index in [9.17, 15) is 9.90 Å². The van der Waals surface area contributed by atoms with Crippen LogP contribution < -0.4 is 0 Å². The number of carbonyl (C=O) groups excluding carboxylic acids is 1. The van der Waals surface area contributed by atoms with E-state index in [0.717, 1.165) is 0 Å². The maximum atomic E-state index is 11.0. The first kappa shape index (κ1) is 16.6. The summed E-state index contributed by atoms with van der Waals surface area (Å²) in [6.07, 6.45) is -0.465. The van der Waals surface area contributed by atoms with Gasteiger partial charge < -0.3 is 9.84 Å². The van der Waals surface area contributed by atoms with E-state index in [2.05, 4.69) is 22.5 Å². The Bertz CT molecular complexity index is 259. The highest BCUT2D eigenvalue weighted by atomic mass is 79.9. The number of hydrogen-bond donors (Lipinski definition) is 1. The summed E-state index contributed by atoms with van der Waals surface area (Å²) in [6, 6.07) is 0. The van der Waals surface area contributed by atoms with Crippen LogP contribution in [0.5, 0.6) is 0 Å². The largest absolute Gasteiger partial charge is 0.460 e. The Morgan fingerprint density at radius 1 is 1.53 bits per heavy atom. The maximum absolute atomic E-state index is 11.0. The summed E-state index contributed by atoms with van der Waals surface area (Å²) in [5.74, 6) is -0.511. The van der Waals surface area contributed by atoms with Crippen molar-refractivity contribution >= 4 is 21.9 Å². The highest BCUT2D eigenvalue weighted by molar-refractivity contribution is 9.10. The molecule has 5 nitrogen and oxygen atoms in total. The molecule has 0 aromatic heterocycles. The van der Waals surface area contributed by atoms with Crippen LogP contribution in [0.4, 0.5) is 0 Å². The van der Waals surface area contributed by atoms with E-state index in [1.807, 2.05) is 0 Å². The van der Waals surface area contributed by atoms with E-state index < -0.39 is 16.6 Å². The molecule has 0 rings (SSSR count). The van der Waals surface area contributed by atoms with E-state index >= 15 is 0 Å². The van der Waals surface area contributed by atoms with Gasteiger partial charge >= 0.3 is 5.97 Å². The van der Waals surface area contributed by atoms with Crippen molar-refractivity contribution in [3.05, 3.63) is 12.2 Å². The lowest BCUT2D eigenvalue weighted by molar-refractivity contribution is -0.327. The number of aliphatic hydroxyl groups is 1. The molecule has 1 unspecified atom stereocenters. The predicted molar refractivity (Wildman–Crippen MR) is 66.4 cm³/mol. The number of carbonyl (C=O) groups is 1. The first-order valence-electron chi connectivity index (χ1n) is 5.22. The van der Waals surface area contributed by atoms with Crippen LogP contribution in [0.1, 0.15) is 27.2 Å². The Balaban J connectivity index is 3.57. The number of aliphatic hydroxyl groups excluding tert-OH is 1. The standard InChI is InChI=1S/C11H19BrO5/c1-8(2)10(14)15-7-9(13)5-6-16-17-11(3,4)12/h9,13H,1,5-7H2,2-4H3. The van der Waals surface area contributed by atoms with E-state index in [1.54, 1.807) is 20.8 Å². The average Bonchev–Trinajstić information content (AvgIpc) is 2.19. The molecule has 0 aromatic rings. The smallest absolute Gasteiger partial charge is 0.333 e. The third-order valence-electron chi connectivity index (χ3n) is 1.55. The third-order valence-corrected chi connectivity index (χ3v) is 1.68. The number of rotatable bonds is 8. The number of esters is 1. The van der Waals surface area contributed by atoms with E-state index in [-0.39, 0.29) is 13.2 Å². The predicted octanol–water partition coefficient (Wildman–Crippen LogP) is 1.94. The minimum atomic E-state index is -0.777. The van der Waals surface area contributed by atoms with Gasteiger partial charge in [0.25, 0.3) is 0 Å². The van der Waals surface area contributed by atoms with E-state index in [1.165, 1.54) is 0 Å². The van der Waals surface area contributed by atoms with Gasteiger partial charge in [-0.05, 0) is 20.8 Å². The fourth-order valence-corrected chi connectivity index (χ4v) is 0.838. The number of hydrogen-bond acceptors (Lipinski definition) is 5. The topological polar surface area (TPSA) is 65.0 Å². The second-order valence-electron chi connectivity index (χ2n) is 4.09. The van der Waals surface area contributed by atoms with Crippen molar-refractivity contribution in [1.82, 2.24) is 0 Å². The summed E-state index contributed by atoms with van der Waals surface area (Å²) in [7, 11) is 0. The quantitative estimate of drug-likeness (QED) is 0.185. The lowest BCUT2D eigenvalue weighted by atomic mass is 10.3. The van der Waals surface area contributed by atoms with Crippen molar-refractivity contribution in [3.8, 4) is 0 Å². The molecular formula is C11H19BrO5. The van der Waals surface area contributed by atoms with Gasteiger partial charge in [-0.1, -0.05) is 22.5 Å². The second kappa shape index (κ2) is 7.81. The molecule has 0 heterocycles. The number of halogens is 1. The SMILES string of the molecule is C=C(C)C(=O)OCC(O)CCOOC(C)(C)Br. The molecule has 0 aromatic carbocycles. The molecular weight excluding hydrogens is 292 g/mol. The van der Waals surface area contributed by atoms with Crippen LogP contribution in [0.25, 0.3) is 0 Å². The molecule has 0 aliphatic rings. The van der Waals surface area contributed by atoms with Crippen molar-refractivity contribution in [3.63, 3.8) is 0 Å². The molecule has 0 bridgehead atoms. The summed E-state index contributed by atoms with van der Waals surface area (Å²) in [5, 5.41) is 9.46. The Hall–Kier alpha value is -0.430. The summed E-state index contributed by atoms with van der Waals surface area (Å²) >= 11 is 3.22. The third kappa shape index (κ3) is 10.4. The van der Waals surface area contributed by atoms with Gasteiger partial charge in [0.1, 0.15) is 6.61 Å². The highest BCUT2D eigenvalue weighted by Crippen LogP contribution is 2.17. The fraction of sp³-hybridized carbons (Fsp3) is 0.727. The molecule has 0 saturated carbocycles. The second-order valence-corrected chi connectivity index (χ2v) is 6.00. The van der Waals surface area contributed by atoms with Gasteiger partial charge in [-0.15, -0.1) is 0 Å². The molecule has 1 N–H and O–H groups in total. The van der Waals surface area contributed by atoms with Gasteiger partial charge in [0.2, 0.25) is 0 Å². The molecule has 0 spiro atoms. The normalized spacial score (nSPS) is 13.2. The zero-order chi connectivity index (χ0) is 13.5. The first-order valence-corrected chi connectivity index (χ1v) is 6.02. The monoisotopic (exact) mass is 310 g/mol. The van der Waals surface area contributed by atoms with E-state index in [4.69, 9.17) is 14.5 Å². The molecule has 0 aliphatic carbocycles. The van der Waals surface area contributed by atoms with Gasteiger partial charge in [0, 0.05) is 12.0 Å². The van der Waals surface area contributed by atoms with Crippen LogP contribution in [-0.2, 0) is 19.3 Å². The van der Waals surface area contributed by atoms with Gasteiger partial charge in [-0.3, -0.25) is 0 Å². The maximum Gasteiger partial charge on any atom is 0.333 e. The summed E-state index contributed by atoms with van der Waals surface area (Å²) in [6.45, 7) is 8.66. The van der Waals surface area contributed by atoms with Gasteiger partial charge in [-0.25, -0.2) is 14.6 Å². The van der Waals surface area contributed by atoms with Crippen LogP contribution in [0.15, 0.2) is 12.2 Å². The Kier molecular flexibility index (Phi) is 7.61. The van der Waals surface area contributed by atoms with Gasteiger partial charge in [0.15, 0.2) is 4.51 Å². The molecule has 0 fully saturated rings. The molecule has 1 atom stereocenters. The molecule has 0 radical (unpaired) electrons. The minimum absolute atomic E-state index is 0.0766. The minimum Gasteiger partial charge on any atom is -0.460 e. The highest BCUT2D eigenvalue weighted by Gasteiger charge is 2.15. The van der Waals surface area contributed by atoms with Crippen molar-refractivity contribution in [2.45, 2.75) is 37.8 Å². The molecule has 0 amide bonds. The fourth-order valence-electron chi connectivity index (χ4n) is 0.744. The van der Waals surface area contributed by atoms with Crippen LogP contribution in [-0.4, -0.2) is 34.9 Å². The summed E-state index contributed by atoms with van der Waals surface area (Å²) in [4.78, 5) is 20.8. The van der Waals surface area contributed by atoms with Crippen molar-refractivity contribution in [2.24, 2.45) is 0 Å². The van der Waals surface area contributed by atoms with Crippen LogP contribution in [0.3, 0.4) is 0 Å². The van der Waals surface area contributed by atoms with Gasteiger partial charge in [0.05, 0.1) is 12.7 Å². The van der Waals surface area contributed by atoms with Crippen molar-refractivity contribution in [1.29, 1.82) is 0 Å². The van der Waals surface area contributed by atoms with Crippen molar-refractivity contribution < 1.29 is 24.4 Å². The van der Waals surface area contributed by atoms with Gasteiger partial charge in [-0.2, -0.15) is 0 Å². The van der Waals surface area contributed by atoms with E-state index in [0.29, 0.717) is 12.0 Å². The molecule has 0 aliphatic heterocycles. The first-order chi connectivity index (χ1) is 7.72. The average molecular weight is 311 g/mol. The molecule has 6 heteroatoms. The number of alkyl halides is 1. The molecule has 0 saturated heterocycles. The van der Waals surface area contributed by atoms with Crippen LogP contribution >= 0.6 is 15.9 Å². The summed E-state index contributed by atoms with van der Waals surface area (Å²) < 4.78 is 4.20. The lowest BCUT2D eigenvalue weighted by Gasteiger charge is -2.16. The zero-order valence-corrected chi connectivity index (χ0v) is 11.9. The van der Waals surface area contributed by atoms with Crippen molar-refractivity contribution in [2.75, 3.05) is 13.2 Å². The Labute approximate surface area is 110 Å². The number of ether oxygens (including phenoxy) is 1. The lowest BCUT2D eigenvalue weighted by Crippen LogP contribution is -2.22.